The van der Waals surface area contributed by atoms with Crippen LogP contribution in [0.5, 0.6) is 0 Å². The SMILES string of the molecule is O=C1C(=Cc2ccc(C(F)(F)F)cc2)SC(=S)N1c1cccc(Cl)c1. The Morgan fingerprint density at radius 1 is 1.12 bits per heavy atom. The summed E-state index contributed by atoms with van der Waals surface area (Å²) < 4.78 is 38.1. The Hall–Kier alpha value is -1.83. The van der Waals surface area contributed by atoms with Crippen LogP contribution in [0, 0.1) is 0 Å². The van der Waals surface area contributed by atoms with E-state index in [1.54, 1.807) is 24.3 Å². The average Bonchev–Trinajstić information content (AvgIpc) is 2.81. The Kier molecular flexibility index (Phi) is 4.90. The molecule has 0 N–H and O–H groups in total. The number of carbonyl (C=O) groups excluding carboxylic acids is 1. The number of benzene rings is 2. The minimum Gasteiger partial charge on any atom is -0.268 e. The highest BCUT2D eigenvalue weighted by Crippen LogP contribution is 2.37. The molecule has 2 aromatic carbocycles. The molecule has 1 fully saturated rings. The molecule has 0 spiro atoms. The molecule has 0 saturated carbocycles. The maximum atomic E-state index is 12.6. The molecule has 2 nitrogen and oxygen atoms in total. The standard InChI is InChI=1S/C17H9ClF3NOS2/c18-12-2-1-3-13(9-12)22-15(23)14(25-16(22)24)8-10-4-6-11(7-5-10)17(19,20)21/h1-9H. The van der Waals surface area contributed by atoms with Gasteiger partial charge in [0.05, 0.1) is 16.2 Å². The van der Waals surface area contributed by atoms with Gasteiger partial charge in [0, 0.05) is 5.02 Å². The van der Waals surface area contributed by atoms with Crippen LogP contribution in [0.2, 0.25) is 5.02 Å². The second-order valence-corrected chi connectivity index (χ2v) is 7.23. The Labute approximate surface area is 156 Å². The summed E-state index contributed by atoms with van der Waals surface area (Å²) in [6.45, 7) is 0. The number of carbonyl (C=O) groups is 1. The number of nitrogens with zero attached hydrogens (tertiary/aromatic N) is 1. The zero-order valence-corrected chi connectivity index (χ0v) is 14.8. The van der Waals surface area contributed by atoms with E-state index in [9.17, 15) is 18.0 Å². The van der Waals surface area contributed by atoms with E-state index in [0.717, 1.165) is 23.9 Å². The van der Waals surface area contributed by atoms with Crippen LogP contribution in [0.15, 0.2) is 53.4 Å². The van der Waals surface area contributed by atoms with E-state index >= 15 is 0 Å². The van der Waals surface area contributed by atoms with Crippen molar-refractivity contribution in [3.8, 4) is 0 Å². The number of alkyl halides is 3. The first kappa shape index (κ1) is 18.0. The lowest BCUT2D eigenvalue weighted by atomic mass is 10.1. The number of rotatable bonds is 2. The fourth-order valence-electron chi connectivity index (χ4n) is 2.23. The Bertz CT molecular complexity index is 878. The topological polar surface area (TPSA) is 20.3 Å². The fraction of sp³-hybridized carbons (Fsp3) is 0.0588. The first-order valence-electron chi connectivity index (χ1n) is 6.96. The van der Waals surface area contributed by atoms with Crippen molar-refractivity contribution in [1.29, 1.82) is 0 Å². The van der Waals surface area contributed by atoms with E-state index in [1.165, 1.54) is 23.1 Å². The minimum atomic E-state index is -4.39. The van der Waals surface area contributed by atoms with Crippen molar-refractivity contribution in [2.45, 2.75) is 6.18 Å². The van der Waals surface area contributed by atoms with E-state index in [-0.39, 0.29) is 5.91 Å². The second kappa shape index (κ2) is 6.82. The Balaban J connectivity index is 1.88. The van der Waals surface area contributed by atoms with Gasteiger partial charge in [-0.3, -0.25) is 9.69 Å². The van der Waals surface area contributed by atoms with Gasteiger partial charge in [-0.2, -0.15) is 13.2 Å². The van der Waals surface area contributed by atoms with Crippen LogP contribution in [0.4, 0.5) is 18.9 Å². The van der Waals surface area contributed by atoms with Gasteiger partial charge in [-0.15, -0.1) is 0 Å². The van der Waals surface area contributed by atoms with Gasteiger partial charge in [-0.25, -0.2) is 0 Å². The van der Waals surface area contributed by atoms with Crippen LogP contribution in [-0.4, -0.2) is 10.2 Å². The number of amides is 1. The third-order valence-corrected chi connectivity index (χ3v) is 4.93. The van der Waals surface area contributed by atoms with Crippen molar-refractivity contribution in [3.63, 3.8) is 0 Å². The first-order valence-corrected chi connectivity index (χ1v) is 8.57. The van der Waals surface area contributed by atoms with Crippen molar-refractivity contribution < 1.29 is 18.0 Å². The summed E-state index contributed by atoms with van der Waals surface area (Å²) in [5, 5.41) is 0.471. The predicted octanol–water partition coefficient (Wildman–Crippen LogP) is 5.76. The molecule has 128 valence electrons. The third kappa shape index (κ3) is 3.89. The van der Waals surface area contributed by atoms with Crippen molar-refractivity contribution in [3.05, 3.63) is 69.6 Å². The van der Waals surface area contributed by atoms with Gasteiger partial charge in [-0.05, 0) is 42.0 Å². The summed E-state index contributed by atoms with van der Waals surface area (Å²) in [6.07, 6.45) is -2.88. The second-order valence-electron chi connectivity index (χ2n) is 5.12. The van der Waals surface area contributed by atoms with Crippen molar-refractivity contribution >= 4 is 57.6 Å². The molecule has 0 unspecified atom stereocenters. The van der Waals surface area contributed by atoms with Gasteiger partial charge in [0.2, 0.25) is 0 Å². The first-order chi connectivity index (χ1) is 11.8. The number of thiocarbonyl (C=S) groups is 1. The lowest BCUT2D eigenvalue weighted by molar-refractivity contribution is -0.137. The van der Waals surface area contributed by atoms with Crippen molar-refractivity contribution in [2.24, 2.45) is 0 Å². The average molecular weight is 400 g/mol. The molecule has 8 heteroatoms. The maximum absolute atomic E-state index is 12.6. The lowest BCUT2D eigenvalue weighted by Gasteiger charge is -2.14. The largest absolute Gasteiger partial charge is 0.416 e. The lowest BCUT2D eigenvalue weighted by Crippen LogP contribution is -2.27. The molecular formula is C17H9ClF3NOS2. The number of halogens is 4. The van der Waals surface area contributed by atoms with E-state index in [1.807, 2.05) is 0 Å². The Morgan fingerprint density at radius 2 is 1.80 bits per heavy atom. The van der Waals surface area contributed by atoms with Crippen LogP contribution in [0.25, 0.3) is 6.08 Å². The van der Waals surface area contributed by atoms with Gasteiger partial charge < -0.3 is 0 Å². The molecule has 0 aromatic heterocycles. The summed E-state index contributed by atoms with van der Waals surface area (Å²) >= 11 is 12.3. The van der Waals surface area contributed by atoms with Crippen LogP contribution in [0.3, 0.4) is 0 Å². The smallest absolute Gasteiger partial charge is 0.268 e. The molecular weight excluding hydrogens is 391 g/mol. The van der Waals surface area contributed by atoms with Gasteiger partial charge in [0.15, 0.2) is 4.32 Å². The van der Waals surface area contributed by atoms with Gasteiger partial charge >= 0.3 is 6.18 Å². The van der Waals surface area contributed by atoms with Gasteiger partial charge in [0.1, 0.15) is 0 Å². The quantitative estimate of drug-likeness (QED) is 0.472. The summed E-state index contributed by atoms with van der Waals surface area (Å²) in [5.74, 6) is -0.336. The molecule has 0 aliphatic carbocycles. The van der Waals surface area contributed by atoms with Gasteiger partial charge in [-0.1, -0.05) is 53.8 Å². The summed E-state index contributed by atoms with van der Waals surface area (Å²) in [4.78, 5) is 14.3. The highest BCUT2D eigenvalue weighted by molar-refractivity contribution is 8.27. The molecule has 0 atom stereocenters. The van der Waals surface area contributed by atoms with Crippen molar-refractivity contribution in [1.82, 2.24) is 0 Å². The van der Waals surface area contributed by atoms with E-state index in [4.69, 9.17) is 23.8 Å². The van der Waals surface area contributed by atoms with Crippen LogP contribution in [0.1, 0.15) is 11.1 Å². The van der Waals surface area contributed by atoms with E-state index in [0.29, 0.717) is 25.5 Å². The summed E-state index contributed by atoms with van der Waals surface area (Å²) in [5.41, 5.74) is 0.293. The number of thioether (sulfide) groups is 1. The van der Waals surface area contributed by atoms with Crippen LogP contribution >= 0.6 is 35.6 Å². The zero-order valence-electron chi connectivity index (χ0n) is 12.4. The van der Waals surface area contributed by atoms with Crippen LogP contribution < -0.4 is 4.90 Å². The van der Waals surface area contributed by atoms with Crippen LogP contribution in [-0.2, 0) is 11.0 Å². The molecule has 1 aliphatic rings. The molecule has 2 aromatic rings. The van der Waals surface area contributed by atoms with E-state index in [2.05, 4.69) is 0 Å². The monoisotopic (exact) mass is 399 g/mol. The molecule has 0 bridgehead atoms. The fourth-order valence-corrected chi connectivity index (χ4v) is 3.71. The minimum absolute atomic E-state index is 0.336. The number of hydrogen-bond acceptors (Lipinski definition) is 3. The molecule has 0 radical (unpaired) electrons. The third-order valence-electron chi connectivity index (χ3n) is 3.40. The molecule has 1 aliphatic heterocycles. The van der Waals surface area contributed by atoms with Crippen molar-refractivity contribution in [2.75, 3.05) is 4.90 Å². The molecule has 1 amide bonds. The summed E-state index contributed by atoms with van der Waals surface area (Å²) in [6, 6.07) is 11.3. The normalized spacial score (nSPS) is 16.8. The van der Waals surface area contributed by atoms with Gasteiger partial charge in [0.25, 0.3) is 5.91 Å². The number of hydrogen-bond donors (Lipinski definition) is 0. The molecule has 25 heavy (non-hydrogen) atoms. The maximum Gasteiger partial charge on any atom is 0.416 e. The predicted molar refractivity (Wildman–Crippen MR) is 98.5 cm³/mol. The molecule has 1 heterocycles. The highest BCUT2D eigenvalue weighted by atomic mass is 35.5. The molecule has 3 rings (SSSR count). The Morgan fingerprint density at radius 3 is 2.40 bits per heavy atom. The summed E-state index contributed by atoms with van der Waals surface area (Å²) in [7, 11) is 0. The van der Waals surface area contributed by atoms with E-state index < -0.39 is 11.7 Å². The number of anilines is 1. The highest BCUT2D eigenvalue weighted by Gasteiger charge is 2.33. The zero-order chi connectivity index (χ0) is 18.2. The molecule has 1 saturated heterocycles.